The first-order chi connectivity index (χ1) is 11.5. The Hall–Kier alpha value is -2.87. The monoisotopic (exact) mass is 335 g/mol. The summed E-state index contributed by atoms with van der Waals surface area (Å²) >= 11 is 0. The molecule has 2 N–H and O–H groups in total. The van der Waals surface area contributed by atoms with Gasteiger partial charge in [0.1, 0.15) is 0 Å². The number of rotatable bonds is 6. The van der Waals surface area contributed by atoms with E-state index in [4.69, 9.17) is 9.15 Å². The van der Waals surface area contributed by atoms with Crippen molar-refractivity contribution in [3.8, 4) is 5.75 Å². The van der Waals surface area contributed by atoms with Gasteiger partial charge in [0.05, 0.1) is 19.9 Å². The maximum atomic E-state index is 13.6. The van der Waals surface area contributed by atoms with Gasteiger partial charge < -0.3 is 9.15 Å². The topological polar surface area (TPSA) is 83.8 Å². The largest absolute Gasteiger partial charge is 0.494 e. The lowest BCUT2D eigenvalue weighted by Gasteiger charge is -2.16. The van der Waals surface area contributed by atoms with Crippen LogP contribution < -0.4 is 15.6 Å². The number of hydrazine groups is 1. The molecule has 0 spiro atoms. The highest BCUT2D eigenvalue weighted by Gasteiger charge is 2.12. The maximum Gasteiger partial charge on any atom is 0.305 e. The molecule has 0 aliphatic carbocycles. The third-order valence-electron chi connectivity index (χ3n) is 3.14. The zero-order valence-corrected chi connectivity index (χ0v) is 13.3. The summed E-state index contributed by atoms with van der Waals surface area (Å²) in [4.78, 5) is 25.1. The molecule has 0 fully saturated rings. The lowest BCUT2D eigenvalue weighted by molar-refractivity contribution is -0.122. The van der Waals surface area contributed by atoms with Gasteiger partial charge in [0.2, 0.25) is 0 Å². The van der Waals surface area contributed by atoms with Gasteiger partial charge in [0, 0.05) is 6.54 Å². The van der Waals surface area contributed by atoms with Crippen LogP contribution in [0, 0.1) is 5.82 Å². The fourth-order valence-corrected chi connectivity index (χ4v) is 2.06. The first-order valence-corrected chi connectivity index (χ1v) is 7.13. The Labute approximate surface area is 138 Å². The van der Waals surface area contributed by atoms with Crippen LogP contribution in [-0.2, 0) is 11.3 Å². The predicted molar refractivity (Wildman–Crippen MR) is 83.6 cm³/mol. The minimum absolute atomic E-state index is 0.0199. The van der Waals surface area contributed by atoms with Gasteiger partial charge in [-0.3, -0.25) is 25.3 Å². The molecule has 7 nitrogen and oxygen atoms in total. The van der Waals surface area contributed by atoms with Gasteiger partial charge in [0.25, 0.3) is 5.91 Å². The Bertz CT molecular complexity index is 703. The number of hydrogen-bond acceptors (Lipinski definition) is 5. The number of methoxy groups -OCH3 is 1. The van der Waals surface area contributed by atoms with E-state index in [0.29, 0.717) is 12.1 Å². The Morgan fingerprint density at radius 1 is 1.29 bits per heavy atom. The molecule has 0 atom stereocenters. The van der Waals surface area contributed by atoms with Crippen molar-refractivity contribution in [1.29, 1.82) is 0 Å². The molecule has 1 aromatic heterocycles. The summed E-state index contributed by atoms with van der Waals surface area (Å²) in [7, 11) is 3.10. The van der Waals surface area contributed by atoms with E-state index >= 15 is 0 Å². The molecule has 24 heavy (non-hydrogen) atoms. The van der Waals surface area contributed by atoms with Crippen LogP contribution in [0.5, 0.6) is 5.75 Å². The number of nitrogens with zero attached hydrogens (tertiary/aromatic N) is 1. The molecule has 0 unspecified atom stereocenters. The van der Waals surface area contributed by atoms with Crippen molar-refractivity contribution >= 4 is 11.8 Å². The second kappa shape index (κ2) is 8.11. The summed E-state index contributed by atoms with van der Waals surface area (Å²) in [6, 6.07) is 7.65. The van der Waals surface area contributed by atoms with Crippen LogP contribution in [0.3, 0.4) is 0 Å². The van der Waals surface area contributed by atoms with Crippen molar-refractivity contribution in [2.75, 3.05) is 20.7 Å². The number of hydrogen-bond donors (Lipinski definition) is 2. The molecule has 0 aliphatic heterocycles. The Balaban J connectivity index is 1.79. The zero-order valence-electron chi connectivity index (χ0n) is 13.3. The summed E-state index contributed by atoms with van der Waals surface area (Å²) in [5, 5.41) is 0. The molecule has 0 saturated carbocycles. The fourth-order valence-electron chi connectivity index (χ4n) is 2.06. The third-order valence-corrected chi connectivity index (χ3v) is 3.14. The minimum Gasteiger partial charge on any atom is -0.494 e. The summed E-state index contributed by atoms with van der Waals surface area (Å²) in [5.41, 5.74) is 5.22. The van der Waals surface area contributed by atoms with Gasteiger partial charge in [-0.25, -0.2) is 4.39 Å². The van der Waals surface area contributed by atoms with Crippen LogP contribution in [0.1, 0.15) is 16.1 Å². The molecular weight excluding hydrogens is 317 g/mol. The normalized spacial score (nSPS) is 10.5. The van der Waals surface area contributed by atoms with Gasteiger partial charge in [0.15, 0.2) is 17.3 Å². The number of nitrogens with one attached hydrogen (secondary N) is 2. The predicted octanol–water partition coefficient (Wildman–Crippen LogP) is 1.32. The van der Waals surface area contributed by atoms with Crippen molar-refractivity contribution in [2.24, 2.45) is 0 Å². The first-order valence-electron chi connectivity index (χ1n) is 7.13. The summed E-state index contributed by atoms with van der Waals surface area (Å²) in [6.45, 7) is 0.381. The van der Waals surface area contributed by atoms with Crippen LogP contribution in [0.15, 0.2) is 41.0 Å². The van der Waals surface area contributed by atoms with Crippen LogP contribution in [0.2, 0.25) is 0 Å². The van der Waals surface area contributed by atoms with E-state index in [1.807, 2.05) is 0 Å². The summed E-state index contributed by atoms with van der Waals surface area (Å²) in [5.74, 6) is -1.16. The van der Waals surface area contributed by atoms with E-state index in [-0.39, 0.29) is 18.1 Å². The number of benzene rings is 1. The second-order valence-corrected chi connectivity index (χ2v) is 5.12. The molecule has 2 aromatic rings. The average Bonchev–Trinajstić information content (AvgIpc) is 3.07. The van der Waals surface area contributed by atoms with Crippen molar-refractivity contribution in [3.05, 3.63) is 53.7 Å². The maximum absolute atomic E-state index is 13.6. The number of halogens is 1. The molecule has 0 bridgehead atoms. The van der Waals surface area contributed by atoms with Gasteiger partial charge in [-0.05, 0) is 36.9 Å². The highest BCUT2D eigenvalue weighted by Crippen LogP contribution is 2.18. The lowest BCUT2D eigenvalue weighted by Crippen LogP contribution is -2.45. The highest BCUT2D eigenvalue weighted by molar-refractivity contribution is 5.93. The van der Waals surface area contributed by atoms with E-state index in [1.165, 1.54) is 31.6 Å². The number of furan rings is 1. The van der Waals surface area contributed by atoms with Crippen molar-refractivity contribution in [2.45, 2.75) is 6.54 Å². The molecule has 2 amide bonds. The molecule has 0 aliphatic rings. The molecular formula is C16H18FN3O4. The number of carbonyl (C=O) groups excluding carboxylic acids is 2. The van der Waals surface area contributed by atoms with Crippen molar-refractivity contribution in [1.82, 2.24) is 15.8 Å². The number of likely N-dealkylation sites (N-methyl/N-ethyl adjacent to an activating group) is 1. The molecule has 1 aromatic carbocycles. The number of carbonyl (C=O) groups is 2. The Morgan fingerprint density at radius 2 is 2.08 bits per heavy atom. The highest BCUT2D eigenvalue weighted by atomic mass is 19.1. The molecule has 8 heteroatoms. The van der Waals surface area contributed by atoms with Gasteiger partial charge in [-0.1, -0.05) is 6.07 Å². The molecule has 2 rings (SSSR count). The van der Waals surface area contributed by atoms with E-state index in [0.717, 1.165) is 0 Å². The molecule has 0 saturated heterocycles. The Morgan fingerprint density at radius 3 is 2.71 bits per heavy atom. The van der Waals surface area contributed by atoms with Gasteiger partial charge in [-0.15, -0.1) is 0 Å². The smallest absolute Gasteiger partial charge is 0.305 e. The van der Waals surface area contributed by atoms with Crippen LogP contribution in [0.4, 0.5) is 4.39 Å². The lowest BCUT2D eigenvalue weighted by atomic mass is 10.2. The number of ether oxygens (including phenoxy) is 1. The quantitative estimate of drug-likeness (QED) is 0.778. The second-order valence-electron chi connectivity index (χ2n) is 5.12. The van der Waals surface area contributed by atoms with E-state index in [2.05, 4.69) is 10.9 Å². The fraction of sp³-hybridized carbons (Fsp3) is 0.250. The third kappa shape index (κ3) is 4.82. The molecule has 0 radical (unpaired) electrons. The van der Waals surface area contributed by atoms with Gasteiger partial charge >= 0.3 is 5.91 Å². The van der Waals surface area contributed by atoms with Crippen molar-refractivity contribution in [3.63, 3.8) is 0 Å². The van der Waals surface area contributed by atoms with E-state index in [1.54, 1.807) is 24.1 Å². The van der Waals surface area contributed by atoms with Crippen LogP contribution in [0.25, 0.3) is 0 Å². The van der Waals surface area contributed by atoms with Gasteiger partial charge in [-0.2, -0.15) is 0 Å². The zero-order chi connectivity index (χ0) is 17.5. The van der Waals surface area contributed by atoms with Crippen LogP contribution >= 0.6 is 0 Å². The Kier molecular flexibility index (Phi) is 5.91. The molecule has 1 heterocycles. The average molecular weight is 335 g/mol. The number of amides is 2. The van der Waals surface area contributed by atoms with E-state index in [9.17, 15) is 14.0 Å². The molecule has 128 valence electrons. The van der Waals surface area contributed by atoms with Crippen molar-refractivity contribution < 1.29 is 23.1 Å². The summed E-state index contributed by atoms with van der Waals surface area (Å²) < 4.78 is 23.4. The summed E-state index contributed by atoms with van der Waals surface area (Å²) in [6.07, 6.45) is 1.36. The minimum atomic E-state index is -0.548. The first kappa shape index (κ1) is 17.5. The standard InChI is InChI=1S/C16H18FN3O4/c1-20(9-11-5-6-13(23-2)12(17)8-11)10-15(21)18-19-16(22)14-4-3-7-24-14/h3-8H,9-10H2,1-2H3,(H,18,21)(H,19,22). The van der Waals surface area contributed by atoms with Crippen LogP contribution in [-0.4, -0.2) is 37.4 Å². The van der Waals surface area contributed by atoms with E-state index < -0.39 is 17.6 Å². The SMILES string of the molecule is COc1ccc(CN(C)CC(=O)NNC(=O)c2ccco2)cc1F.